The minimum absolute atomic E-state index is 0.412. The summed E-state index contributed by atoms with van der Waals surface area (Å²) in [5.41, 5.74) is -0.0854. The molecule has 14 heavy (non-hydrogen) atoms. The Morgan fingerprint density at radius 3 is 2.64 bits per heavy atom. The van der Waals surface area contributed by atoms with E-state index in [2.05, 4.69) is 6.92 Å². The van der Waals surface area contributed by atoms with Gasteiger partial charge in [0.05, 0.1) is 0 Å². The average molecular weight is 198 g/mol. The van der Waals surface area contributed by atoms with Gasteiger partial charge in [0.15, 0.2) is 5.60 Å². The number of ether oxygens (including phenoxy) is 1. The van der Waals surface area contributed by atoms with Crippen molar-refractivity contribution in [1.29, 1.82) is 0 Å². The summed E-state index contributed by atoms with van der Waals surface area (Å²) < 4.78 is 5.43. The zero-order valence-corrected chi connectivity index (χ0v) is 9.04. The molecule has 2 unspecified atom stereocenters. The molecule has 0 aromatic carbocycles. The zero-order valence-electron chi connectivity index (χ0n) is 9.04. The van der Waals surface area contributed by atoms with E-state index in [0.29, 0.717) is 18.9 Å². The van der Waals surface area contributed by atoms with Crippen molar-refractivity contribution in [2.45, 2.75) is 39.2 Å². The van der Waals surface area contributed by atoms with Crippen LogP contribution in [-0.4, -0.2) is 23.3 Å². The van der Waals surface area contributed by atoms with E-state index in [1.165, 1.54) is 0 Å². The van der Waals surface area contributed by atoms with E-state index in [1.54, 1.807) is 6.08 Å². The summed E-state index contributed by atoms with van der Waals surface area (Å²) in [5, 5.41) is 9.19. The van der Waals surface area contributed by atoms with Gasteiger partial charge in [-0.2, -0.15) is 0 Å². The molecule has 1 rings (SSSR count). The number of allylic oxidation sites excluding steroid dienone is 1. The summed E-state index contributed by atoms with van der Waals surface area (Å²) in [7, 11) is 0. The van der Waals surface area contributed by atoms with Crippen molar-refractivity contribution in [2.24, 2.45) is 5.92 Å². The van der Waals surface area contributed by atoms with E-state index in [9.17, 15) is 9.90 Å². The molecule has 1 N–H and O–H groups in total. The summed E-state index contributed by atoms with van der Waals surface area (Å²) in [6.07, 6.45) is 3.25. The Kier molecular flexibility index (Phi) is 3.32. The van der Waals surface area contributed by atoms with Gasteiger partial charge in [0.2, 0.25) is 0 Å². The van der Waals surface area contributed by atoms with Gasteiger partial charge in [0.25, 0.3) is 0 Å². The van der Waals surface area contributed by atoms with Crippen LogP contribution in [0.3, 0.4) is 0 Å². The van der Waals surface area contributed by atoms with Crippen LogP contribution in [0.4, 0.5) is 0 Å². The molecule has 0 aromatic heterocycles. The van der Waals surface area contributed by atoms with E-state index in [-0.39, 0.29) is 0 Å². The highest BCUT2D eigenvalue weighted by molar-refractivity contribution is 5.80. The number of aliphatic carboxylic acids is 1. The van der Waals surface area contributed by atoms with Crippen molar-refractivity contribution in [3.8, 4) is 0 Å². The molecule has 0 aliphatic carbocycles. The molecular formula is C11H18O3. The van der Waals surface area contributed by atoms with E-state index >= 15 is 0 Å². The first kappa shape index (κ1) is 11.2. The molecule has 3 nitrogen and oxygen atoms in total. The van der Waals surface area contributed by atoms with Crippen LogP contribution in [0, 0.1) is 5.92 Å². The van der Waals surface area contributed by atoms with Gasteiger partial charge in [-0.1, -0.05) is 12.5 Å². The van der Waals surface area contributed by atoms with Crippen molar-refractivity contribution in [3.05, 3.63) is 11.6 Å². The Bertz CT molecular complexity index is 253. The van der Waals surface area contributed by atoms with E-state index in [0.717, 1.165) is 12.0 Å². The summed E-state index contributed by atoms with van der Waals surface area (Å²) in [5.74, 6) is -0.458. The first-order valence-corrected chi connectivity index (χ1v) is 5.00. The molecule has 0 spiro atoms. The van der Waals surface area contributed by atoms with Crippen LogP contribution < -0.4 is 0 Å². The second-order valence-corrected chi connectivity index (χ2v) is 4.36. The van der Waals surface area contributed by atoms with Crippen molar-refractivity contribution < 1.29 is 14.6 Å². The minimum Gasteiger partial charge on any atom is -0.479 e. The van der Waals surface area contributed by atoms with Crippen LogP contribution >= 0.6 is 0 Å². The Hall–Kier alpha value is -0.830. The Morgan fingerprint density at radius 1 is 1.57 bits per heavy atom. The Balaban J connectivity index is 2.92. The van der Waals surface area contributed by atoms with Crippen LogP contribution in [0.2, 0.25) is 0 Å². The highest BCUT2D eigenvalue weighted by Gasteiger charge is 2.41. The lowest BCUT2D eigenvalue weighted by Crippen LogP contribution is -2.45. The summed E-state index contributed by atoms with van der Waals surface area (Å²) in [6.45, 7) is 6.40. The minimum atomic E-state index is -1.07. The molecule has 2 atom stereocenters. The highest BCUT2D eigenvalue weighted by Crippen LogP contribution is 2.31. The SMILES string of the molecule is CC(C)=CC1(C(=O)O)CC(C)CCO1. The predicted octanol–water partition coefficient (Wildman–Crippen LogP) is 2.22. The third-order valence-corrected chi connectivity index (χ3v) is 2.51. The molecule has 1 saturated heterocycles. The van der Waals surface area contributed by atoms with Crippen molar-refractivity contribution in [2.75, 3.05) is 6.61 Å². The van der Waals surface area contributed by atoms with Crippen molar-refractivity contribution in [3.63, 3.8) is 0 Å². The van der Waals surface area contributed by atoms with Gasteiger partial charge >= 0.3 is 5.97 Å². The van der Waals surface area contributed by atoms with E-state index in [4.69, 9.17) is 4.74 Å². The first-order chi connectivity index (χ1) is 6.46. The number of hydrogen-bond acceptors (Lipinski definition) is 2. The zero-order chi connectivity index (χ0) is 10.8. The first-order valence-electron chi connectivity index (χ1n) is 5.00. The fourth-order valence-electron chi connectivity index (χ4n) is 1.90. The van der Waals surface area contributed by atoms with Crippen LogP contribution in [0.1, 0.15) is 33.6 Å². The number of carbonyl (C=O) groups is 1. The molecule has 80 valence electrons. The summed E-state index contributed by atoms with van der Waals surface area (Å²) in [6, 6.07) is 0. The Morgan fingerprint density at radius 2 is 2.21 bits per heavy atom. The largest absolute Gasteiger partial charge is 0.479 e. The van der Waals surface area contributed by atoms with Crippen LogP contribution in [0.15, 0.2) is 11.6 Å². The molecule has 0 radical (unpaired) electrons. The topological polar surface area (TPSA) is 46.5 Å². The smallest absolute Gasteiger partial charge is 0.340 e. The second kappa shape index (κ2) is 4.13. The fourth-order valence-corrected chi connectivity index (χ4v) is 1.90. The maximum Gasteiger partial charge on any atom is 0.340 e. The second-order valence-electron chi connectivity index (χ2n) is 4.36. The van der Waals surface area contributed by atoms with Gasteiger partial charge in [0.1, 0.15) is 0 Å². The molecule has 1 aliphatic rings. The number of carboxylic acid groups (broad SMARTS) is 1. The maximum absolute atomic E-state index is 11.2. The van der Waals surface area contributed by atoms with Gasteiger partial charge < -0.3 is 9.84 Å². The van der Waals surface area contributed by atoms with Crippen molar-refractivity contribution in [1.82, 2.24) is 0 Å². The monoisotopic (exact) mass is 198 g/mol. The lowest BCUT2D eigenvalue weighted by Gasteiger charge is -2.34. The Labute approximate surface area is 84.8 Å². The number of hydrogen-bond donors (Lipinski definition) is 1. The maximum atomic E-state index is 11.2. The predicted molar refractivity (Wildman–Crippen MR) is 54.1 cm³/mol. The molecular weight excluding hydrogens is 180 g/mol. The van der Waals surface area contributed by atoms with E-state index < -0.39 is 11.6 Å². The third kappa shape index (κ3) is 2.35. The van der Waals surface area contributed by atoms with Gasteiger partial charge in [-0.3, -0.25) is 0 Å². The van der Waals surface area contributed by atoms with Crippen LogP contribution in [0.25, 0.3) is 0 Å². The fraction of sp³-hybridized carbons (Fsp3) is 0.727. The van der Waals surface area contributed by atoms with Gasteiger partial charge in [0, 0.05) is 6.61 Å². The molecule has 0 aromatic rings. The molecule has 0 amide bonds. The standard InChI is InChI=1S/C11H18O3/c1-8(2)6-11(10(12)13)7-9(3)4-5-14-11/h6,9H,4-5,7H2,1-3H3,(H,12,13). The van der Waals surface area contributed by atoms with Crippen molar-refractivity contribution >= 4 is 5.97 Å². The lowest BCUT2D eigenvalue weighted by atomic mass is 9.86. The molecule has 1 fully saturated rings. The highest BCUT2D eigenvalue weighted by atomic mass is 16.5. The normalized spacial score (nSPS) is 32.4. The third-order valence-electron chi connectivity index (χ3n) is 2.51. The quantitative estimate of drug-likeness (QED) is 0.692. The average Bonchev–Trinajstić information content (AvgIpc) is 2.02. The number of rotatable bonds is 2. The molecule has 1 aliphatic heterocycles. The molecule has 0 saturated carbocycles. The van der Waals surface area contributed by atoms with Crippen LogP contribution in [0.5, 0.6) is 0 Å². The summed E-state index contributed by atoms with van der Waals surface area (Å²) >= 11 is 0. The van der Waals surface area contributed by atoms with Gasteiger partial charge in [-0.25, -0.2) is 4.79 Å². The van der Waals surface area contributed by atoms with Gasteiger partial charge in [-0.05, 0) is 38.7 Å². The molecule has 1 heterocycles. The molecule has 0 bridgehead atoms. The lowest BCUT2D eigenvalue weighted by molar-refractivity contribution is -0.166. The molecule has 3 heteroatoms. The van der Waals surface area contributed by atoms with E-state index in [1.807, 2.05) is 13.8 Å². The van der Waals surface area contributed by atoms with Gasteiger partial charge in [-0.15, -0.1) is 0 Å². The number of carboxylic acids is 1. The van der Waals surface area contributed by atoms with Crippen LogP contribution in [-0.2, 0) is 9.53 Å². The summed E-state index contributed by atoms with van der Waals surface area (Å²) in [4.78, 5) is 11.2.